The van der Waals surface area contributed by atoms with Gasteiger partial charge in [-0.25, -0.2) is 0 Å². The molecule has 4 nitrogen and oxygen atoms in total. The first kappa shape index (κ1) is 65.1. The minimum absolute atomic E-state index is 0.533. The van der Waals surface area contributed by atoms with Gasteiger partial charge in [0.25, 0.3) is 0 Å². The smallest absolute Gasteiger partial charge is 0.136 e. The lowest BCUT2D eigenvalue weighted by Crippen LogP contribution is -2.35. The highest BCUT2D eigenvalue weighted by molar-refractivity contribution is 6.13. The summed E-state index contributed by atoms with van der Waals surface area (Å²) >= 11 is 0. The van der Waals surface area contributed by atoms with E-state index in [1.165, 1.54) is 136 Å². The molecule has 0 aliphatic heterocycles. The third-order valence-corrected chi connectivity index (χ3v) is 23.8. The zero-order valence-electron chi connectivity index (χ0n) is 60.7. The Morgan fingerprint density at radius 2 is 0.741 bits per heavy atom. The fraction of sp³-hybridized carbons (Fsp3) is 0.135. The summed E-state index contributed by atoms with van der Waals surface area (Å²) in [4.78, 5) is 5.04. The van der Waals surface area contributed by atoms with Crippen molar-refractivity contribution >= 4 is 100 Å². The van der Waals surface area contributed by atoms with Crippen molar-refractivity contribution in [2.24, 2.45) is 0 Å². The lowest BCUT2D eigenvalue weighted by Gasteiger charge is -2.31. The number of hydrogen-bond acceptors (Lipinski definition) is 4. The number of nitrogens with zero attached hydrogens (tertiary/aromatic N) is 2. The number of furan rings is 2. The Bertz CT molecular complexity index is 6420. The second-order valence-corrected chi connectivity index (χ2v) is 30.0. The maximum atomic E-state index is 7.05. The van der Waals surface area contributed by atoms with E-state index in [4.69, 9.17) is 8.83 Å². The first-order chi connectivity index (χ1) is 53.6. The lowest BCUT2D eigenvalue weighted by atomic mass is 9.80. The summed E-state index contributed by atoms with van der Waals surface area (Å²) in [6.45, 7) is 0. The summed E-state index contributed by atoms with van der Waals surface area (Å²) in [5, 5.41) is 9.93. The molecule has 4 heteroatoms. The monoisotopic (exact) mass is 1390 g/mol. The Morgan fingerprint density at radius 3 is 1.46 bits per heavy atom. The van der Waals surface area contributed by atoms with E-state index in [-0.39, 0.29) is 0 Å². The van der Waals surface area contributed by atoms with Crippen LogP contribution in [0.2, 0.25) is 0 Å². The van der Waals surface area contributed by atoms with Gasteiger partial charge in [-0.15, -0.1) is 0 Å². The van der Waals surface area contributed by atoms with Crippen LogP contribution in [-0.4, -0.2) is 0 Å². The second-order valence-electron chi connectivity index (χ2n) is 30.0. The first-order valence-corrected chi connectivity index (χ1v) is 39.1. The molecule has 0 amide bonds. The van der Waals surface area contributed by atoms with Crippen molar-refractivity contribution in [3.63, 3.8) is 0 Å². The van der Waals surface area contributed by atoms with E-state index in [9.17, 15) is 0 Å². The average Bonchev–Trinajstić information content (AvgIpc) is 0.914. The third kappa shape index (κ3) is 11.8. The number of rotatable bonds is 15. The molecule has 0 saturated heterocycles. The van der Waals surface area contributed by atoms with E-state index in [1.807, 2.05) is 6.07 Å². The molecule has 2 aromatic heterocycles. The van der Waals surface area contributed by atoms with E-state index in [0.717, 1.165) is 130 Å². The maximum absolute atomic E-state index is 7.05. The van der Waals surface area contributed by atoms with Gasteiger partial charge in [0.15, 0.2) is 0 Å². The van der Waals surface area contributed by atoms with Crippen LogP contribution in [0.25, 0.3) is 133 Å². The minimum Gasteiger partial charge on any atom is -0.456 e. The highest BCUT2D eigenvalue weighted by atomic mass is 16.3. The molecular weight excluding hydrogens is 1310 g/mol. The van der Waals surface area contributed by atoms with Crippen molar-refractivity contribution in [2.45, 2.75) is 88.9 Å². The van der Waals surface area contributed by atoms with Crippen LogP contribution < -0.4 is 20.2 Å². The Morgan fingerprint density at radius 1 is 0.269 bits per heavy atom. The van der Waals surface area contributed by atoms with Crippen LogP contribution in [-0.2, 0) is 0 Å². The van der Waals surface area contributed by atoms with Gasteiger partial charge >= 0.3 is 0 Å². The number of fused-ring (bicyclic) bond motifs is 8. The normalized spacial score (nSPS) is 14.2. The molecule has 3 aliphatic rings. The predicted molar refractivity (Wildman–Crippen MR) is 454 cm³/mol. The van der Waals surface area contributed by atoms with Crippen LogP contribution >= 0.6 is 0 Å². The summed E-state index contributed by atoms with van der Waals surface area (Å²) in [6, 6.07) is 124. The van der Waals surface area contributed by atoms with Crippen LogP contribution in [0.1, 0.15) is 106 Å². The van der Waals surface area contributed by atoms with Crippen molar-refractivity contribution in [1.82, 2.24) is 0 Å². The van der Waals surface area contributed by atoms with E-state index >= 15 is 0 Å². The van der Waals surface area contributed by atoms with E-state index in [0.29, 0.717) is 11.8 Å². The fourth-order valence-electron chi connectivity index (χ4n) is 18.7. The van der Waals surface area contributed by atoms with Gasteiger partial charge in [0, 0.05) is 55.2 Å². The van der Waals surface area contributed by atoms with Gasteiger partial charge in [0.05, 0.1) is 22.7 Å². The summed E-state index contributed by atoms with van der Waals surface area (Å²) in [6.07, 6.45) is 17.3. The number of benzene rings is 15. The molecule has 20 rings (SSSR count). The molecule has 0 spiro atoms. The van der Waals surface area contributed by atoms with Gasteiger partial charge in [0.2, 0.25) is 0 Å². The zero-order chi connectivity index (χ0) is 71.4. The summed E-state index contributed by atoms with van der Waals surface area (Å²) in [5.41, 5.74) is 29.7. The van der Waals surface area contributed by atoms with E-state index in [1.54, 1.807) is 0 Å². The molecule has 0 N–H and O–H groups in total. The molecule has 3 aliphatic carbocycles. The van der Waals surface area contributed by atoms with Crippen LogP contribution in [0, 0.1) is 0 Å². The molecule has 2 heterocycles. The number of anilines is 6. The molecule has 15 aromatic carbocycles. The zero-order valence-corrected chi connectivity index (χ0v) is 60.7. The SMILES string of the molecule is C1=c2cccc(C3CCCCC3)c2=C(c2ccccc2N(c2cccc(-c3ccc4c(c3)oc3cc(-c5cccc(-c6ccccc6N(c6ccc(-c7cccc8oc9ccccc9c78)cc6)c6ccccc6-c6cccc7cccc(C8CCCCC8)c67)c5)ccc34)c2)c2ccccc2-c2ccccc2)CC1. The van der Waals surface area contributed by atoms with E-state index < -0.39 is 0 Å². The molecule has 108 heavy (non-hydrogen) atoms. The van der Waals surface area contributed by atoms with Crippen LogP contribution in [0.3, 0.4) is 0 Å². The van der Waals surface area contributed by atoms with Crippen molar-refractivity contribution < 1.29 is 8.83 Å². The molecular formula is C104H82N2O2. The van der Waals surface area contributed by atoms with Crippen molar-refractivity contribution in [1.29, 1.82) is 0 Å². The van der Waals surface area contributed by atoms with Gasteiger partial charge in [0.1, 0.15) is 22.3 Å². The maximum Gasteiger partial charge on any atom is 0.136 e. The van der Waals surface area contributed by atoms with Gasteiger partial charge < -0.3 is 18.6 Å². The van der Waals surface area contributed by atoms with Crippen molar-refractivity contribution in [2.75, 3.05) is 9.80 Å². The lowest BCUT2D eigenvalue weighted by molar-refractivity contribution is 0.442. The highest BCUT2D eigenvalue weighted by Crippen LogP contribution is 2.51. The van der Waals surface area contributed by atoms with E-state index in [2.05, 4.69) is 343 Å². The third-order valence-electron chi connectivity index (χ3n) is 23.8. The van der Waals surface area contributed by atoms with Gasteiger partial charge in [-0.1, -0.05) is 287 Å². The quantitative estimate of drug-likeness (QED) is 0.102. The van der Waals surface area contributed by atoms with Crippen molar-refractivity contribution in [3.8, 4) is 66.8 Å². The summed E-state index contributed by atoms with van der Waals surface area (Å²) < 4.78 is 13.5. The molecule has 0 atom stereocenters. The molecule has 2 fully saturated rings. The molecule has 520 valence electrons. The fourth-order valence-corrected chi connectivity index (χ4v) is 18.7. The Balaban J connectivity index is 0.673. The highest BCUT2D eigenvalue weighted by Gasteiger charge is 2.28. The number of para-hydroxylation sites is 5. The molecule has 0 bridgehead atoms. The van der Waals surface area contributed by atoms with Crippen LogP contribution in [0.15, 0.2) is 342 Å². The summed E-state index contributed by atoms with van der Waals surface area (Å²) in [7, 11) is 0. The molecule has 17 aromatic rings. The second kappa shape index (κ2) is 28.1. The predicted octanol–water partition coefficient (Wildman–Crippen LogP) is 28.4. The molecule has 2 saturated carbocycles. The van der Waals surface area contributed by atoms with Crippen LogP contribution in [0.5, 0.6) is 0 Å². The molecule has 0 unspecified atom stereocenters. The summed E-state index contributed by atoms with van der Waals surface area (Å²) in [5.74, 6) is 1.11. The van der Waals surface area contributed by atoms with Crippen molar-refractivity contribution in [3.05, 3.63) is 361 Å². The largest absolute Gasteiger partial charge is 0.456 e. The van der Waals surface area contributed by atoms with Gasteiger partial charge in [-0.3, -0.25) is 0 Å². The van der Waals surface area contributed by atoms with Crippen LogP contribution in [0.4, 0.5) is 34.1 Å². The molecule has 0 radical (unpaired) electrons. The van der Waals surface area contributed by atoms with Gasteiger partial charge in [-0.05, 0) is 229 Å². The average molecular weight is 1390 g/mol. The first-order valence-electron chi connectivity index (χ1n) is 39.1. The standard InChI is InChI=1S/C104H82N2O2/c1-4-27-69(28-5-1)82-41-10-15-51-94(82)106(97-54-18-13-44-88(97)92-50-25-36-74-34-23-47-85(103(74)92)71-31-8-3-9-32-71)81-40-21-38-76(66-81)78-60-64-90-89-63-59-77(67-100(89)108-101(90)68-78)75-37-20-39-79(65-75)83-42-11-16-52-95(83)105(80-61-57-72(58-62-80)86-48-26-56-99-104(86)93-45-14-19-55-98(93)107-99)96-53-17-12-43-87(96)91-49-24-35-73-33-22-46-84(102(73)91)70-29-6-2-7-30-70/h1,4-5,10-24,26-28,33-49,51-68,70-71H,2-3,6-9,25,29-32,50H2. The Kier molecular flexibility index (Phi) is 16.9. The topological polar surface area (TPSA) is 32.8 Å². The number of hydrogen-bond donors (Lipinski definition) is 0. The Hall–Kier alpha value is -12.5. The minimum atomic E-state index is 0.533. The van der Waals surface area contributed by atoms with Gasteiger partial charge in [-0.2, -0.15) is 0 Å². The Labute approximate surface area is 631 Å².